The predicted octanol–water partition coefficient (Wildman–Crippen LogP) is 3.39. The molecule has 0 saturated heterocycles. The summed E-state index contributed by atoms with van der Waals surface area (Å²) in [6.45, 7) is 6.51. The van der Waals surface area contributed by atoms with Gasteiger partial charge in [0.1, 0.15) is 5.82 Å². The molecule has 2 N–H and O–H groups in total. The Bertz CT molecular complexity index is 824. The van der Waals surface area contributed by atoms with E-state index >= 15 is 0 Å². The van der Waals surface area contributed by atoms with Gasteiger partial charge >= 0.3 is 0 Å². The summed E-state index contributed by atoms with van der Waals surface area (Å²) in [4.78, 5) is 23.6. The van der Waals surface area contributed by atoms with Crippen LogP contribution in [-0.2, 0) is 10.2 Å². The van der Waals surface area contributed by atoms with Crippen molar-refractivity contribution in [3.05, 3.63) is 71.0 Å². The predicted molar refractivity (Wildman–Crippen MR) is 104 cm³/mol. The van der Waals surface area contributed by atoms with Crippen LogP contribution in [0.3, 0.4) is 0 Å². The van der Waals surface area contributed by atoms with Gasteiger partial charge in [0.25, 0.3) is 5.91 Å². The van der Waals surface area contributed by atoms with Crippen LogP contribution in [0.25, 0.3) is 0 Å². The van der Waals surface area contributed by atoms with Crippen LogP contribution in [0.2, 0.25) is 0 Å². The molecule has 2 amide bonds. The minimum Gasteiger partial charge on any atom is -0.351 e. The second-order valence-electron chi connectivity index (χ2n) is 7.15. The maximum Gasteiger partial charge on any atom is 0.254 e. The van der Waals surface area contributed by atoms with Crippen LogP contribution >= 0.6 is 0 Å². The summed E-state index contributed by atoms with van der Waals surface area (Å²) in [5.74, 6) is -1.49. The third-order valence-corrected chi connectivity index (χ3v) is 3.94. The second-order valence-corrected chi connectivity index (χ2v) is 7.15. The lowest BCUT2D eigenvalue weighted by molar-refractivity contribution is -0.120. The molecule has 5 nitrogen and oxygen atoms in total. The van der Waals surface area contributed by atoms with Gasteiger partial charge in [-0.1, -0.05) is 57.2 Å². The zero-order chi connectivity index (χ0) is 19.9. The van der Waals surface area contributed by atoms with Gasteiger partial charge < -0.3 is 5.32 Å². The van der Waals surface area contributed by atoms with Crippen LogP contribution < -0.4 is 10.7 Å². The summed E-state index contributed by atoms with van der Waals surface area (Å²) in [6, 6.07) is 13.6. The van der Waals surface area contributed by atoms with Gasteiger partial charge in [0.2, 0.25) is 5.91 Å². The molecule has 0 aliphatic carbocycles. The minimum atomic E-state index is -0.596. The van der Waals surface area contributed by atoms with Crippen LogP contribution in [0.15, 0.2) is 53.6 Å². The highest BCUT2D eigenvalue weighted by Gasteiger charge is 2.12. The van der Waals surface area contributed by atoms with E-state index in [1.807, 2.05) is 24.3 Å². The topological polar surface area (TPSA) is 70.6 Å². The first-order valence-corrected chi connectivity index (χ1v) is 8.72. The van der Waals surface area contributed by atoms with Gasteiger partial charge in [0.15, 0.2) is 0 Å². The lowest BCUT2D eigenvalue weighted by Gasteiger charge is -2.18. The number of amides is 2. The van der Waals surface area contributed by atoms with Crippen molar-refractivity contribution in [2.24, 2.45) is 5.10 Å². The number of nitrogens with one attached hydrogen (secondary N) is 2. The molecule has 0 bridgehead atoms. The molecule has 0 atom stereocenters. The fraction of sp³-hybridized carbons (Fsp3) is 0.286. The fourth-order valence-electron chi connectivity index (χ4n) is 2.33. The summed E-state index contributed by atoms with van der Waals surface area (Å²) in [5.41, 5.74) is 4.53. The molecule has 2 aromatic rings. The van der Waals surface area contributed by atoms with Crippen LogP contribution in [0.4, 0.5) is 4.39 Å². The Morgan fingerprint density at radius 2 is 1.74 bits per heavy atom. The molecule has 0 aliphatic rings. The van der Waals surface area contributed by atoms with Crippen LogP contribution in [0, 0.1) is 5.82 Å². The summed E-state index contributed by atoms with van der Waals surface area (Å²) in [7, 11) is 0. The second kappa shape index (κ2) is 9.07. The third-order valence-electron chi connectivity index (χ3n) is 3.94. The van der Waals surface area contributed by atoms with Crippen molar-refractivity contribution in [2.75, 3.05) is 6.54 Å². The molecule has 0 saturated carbocycles. The number of halogens is 1. The summed E-state index contributed by atoms with van der Waals surface area (Å²) in [5, 5.41) is 6.41. The highest BCUT2D eigenvalue weighted by molar-refractivity contribution is 5.94. The van der Waals surface area contributed by atoms with E-state index in [0.29, 0.717) is 0 Å². The Morgan fingerprint density at radius 1 is 1.07 bits per heavy atom. The van der Waals surface area contributed by atoms with Crippen molar-refractivity contribution in [3.8, 4) is 0 Å². The van der Waals surface area contributed by atoms with Crippen molar-refractivity contribution in [1.82, 2.24) is 10.7 Å². The number of hydrogen-bond donors (Lipinski definition) is 2. The van der Waals surface area contributed by atoms with E-state index in [-0.39, 0.29) is 29.9 Å². The average molecular weight is 369 g/mol. The van der Waals surface area contributed by atoms with Crippen LogP contribution in [0.1, 0.15) is 48.7 Å². The number of rotatable bonds is 6. The third kappa shape index (κ3) is 6.33. The smallest absolute Gasteiger partial charge is 0.254 e. The van der Waals surface area contributed by atoms with Crippen molar-refractivity contribution < 1.29 is 14.0 Å². The number of nitrogens with zero attached hydrogens (tertiary/aromatic N) is 1. The number of hydrogen-bond acceptors (Lipinski definition) is 3. The van der Waals surface area contributed by atoms with E-state index in [1.54, 1.807) is 12.3 Å². The Labute approximate surface area is 158 Å². The molecule has 0 unspecified atom stereocenters. The van der Waals surface area contributed by atoms with Crippen molar-refractivity contribution >= 4 is 18.0 Å². The molecule has 2 aromatic carbocycles. The Balaban J connectivity index is 1.75. The molecule has 27 heavy (non-hydrogen) atoms. The van der Waals surface area contributed by atoms with Crippen LogP contribution in [0.5, 0.6) is 0 Å². The first-order valence-electron chi connectivity index (χ1n) is 8.72. The zero-order valence-electron chi connectivity index (χ0n) is 15.8. The van der Waals surface area contributed by atoms with E-state index in [1.165, 1.54) is 23.8 Å². The molecule has 6 heteroatoms. The first-order chi connectivity index (χ1) is 12.8. The van der Waals surface area contributed by atoms with Gasteiger partial charge in [-0.15, -0.1) is 0 Å². The standard InChI is InChI=1S/C21H24FN3O2/c1-21(2,3)16-10-8-15(9-11-16)14-24-25-19(26)12-13-23-20(27)17-6-4-5-7-18(17)22/h4-11,14H,12-13H2,1-3H3,(H,23,27)(H,25,26). The molecule has 0 aromatic heterocycles. The molecule has 0 spiro atoms. The highest BCUT2D eigenvalue weighted by Crippen LogP contribution is 2.21. The largest absolute Gasteiger partial charge is 0.351 e. The lowest BCUT2D eigenvalue weighted by Crippen LogP contribution is -2.29. The SMILES string of the molecule is CC(C)(C)c1ccc(C=NNC(=O)CCNC(=O)c2ccccc2F)cc1. The van der Waals surface area contributed by atoms with Gasteiger partial charge in [-0.05, 0) is 28.7 Å². The monoisotopic (exact) mass is 369 g/mol. The fourth-order valence-corrected chi connectivity index (χ4v) is 2.33. The zero-order valence-corrected chi connectivity index (χ0v) is 15.8. The number of benzene rings is 2. The molecular weight excluding hydrogens is 345 g/mol. The van der Waals surface area contributed by atoms with Gasteiger partial charge in [-0.25, -0.2) is 9.82 Å². The number of carbonyl (C=O) groups is 2. The summed E-state index contributed by atoms with van der Waals surface area (Å²) >= 11 is 0. The van der Waals surface area contributed by atoms with E-state index in [2.05, 4.69) is 36.6 Å². The summed E-state index contributed by atoms with van der Waals surface area (Å²) in [6.07, 6.45) is 1.60. The van der Waals surface area contributed by atoms with Gasteiger partial charge in [0.05, 0.1) is 11.8 Å². The Hall–Kier alpha value is -3.02. The molecule has 0 fully saturated rings. The molecule has 142 valence electrons. The van der Waals surface area contributed by atoms with E-state index in [0.717, 1.165) is 5.56 Å². The normalized spacial score (nSPS) is 11.4. The summed E-state index contributed by atoms with van der Waals surface area (Å²) < 4.78 is 13.5. The Morgan fingerprint density at radius 3 is 2.37 bits per heavy atom. The van der Waals surface area contributed by atoms with Crippen molar-refractivity contribution in [3.63, 3.8) is 0 Å². The first kappa shape index (κ1) is 20.3. The molecule has 0 radical (unpaired) electrons. The Kier molecular flexibility index (Phi) is 6.82. The van der Waals surface area contributed by atoms with Gasteiger partial charge in [0, 0.05) is 13.0 Å². The van der Waals surface area contributed by atoms with Crippen LogP contribution in [-0.4, -0.2) is 24.6 Å². The molecule has 0 heterocycles. The highest BCUT2D eigenvalue weighted by atomic mass is 19.1. The number of hydrazone groups is 1. The van der Waals surface area contributed by atoms with Gasteiger partial charge in [-0.2, -0.15) is 5.10 Å². The van der Waals surface area contributed by atoms with Crippen molar-refractivity contribution in [2.45, 2.75) is 32.6 Å². The van der Waals surface area contributed by atoms with Crippen molar-refractivity contribution in [1.29, 1.82) is 0 Å². The molecule has 2 rings (SSSR count). The quantitative estimate of drug-likeness (QED) is 0.605. The minimum absolute atomic E-state index is 0.0422. The van der Waals surface area contributed by atoms with Gasteiger partial charge in [-0.3, -0.25) is 9.59 Å². The number of carbonyl (C=O) groups excluding carboxylic acids is 2. The van der Waals surface area contributed by atoms with E-state index in [9.17, 15) is 14.0 Å². The molecule has 0 aliphatic heterocycles. The van der Waals surface area contributed by atoms with E-state index in [4.69, 9.17) is 0 Å². The lowest BCUT2D eigenvalue weighted by atomic mass is 9.87. The average Bonchev–Trinajstić information content (AvgIpc) is 2.61. The molecular formula is C21H24FN3O2. The maximum atomic E-state index is 13.5. The van der Waals surface area contributed by atoms with E-state index < -0.39 is 11.7 Å². The maximum absolute atomic E-state index is 13.5.